The second-order valence-corrected chi connectivity index (χ2v) is 17.0. The fraction of sp³-hybridized carbons (Fsp3) is 0.125. The maximum atomic E-state index is 10.1. The van der Waals surface area contributed by atoms with Crippen molar-refractivity contribution < 1.29 is 0 Å². The molecular weight excluding hydrogens is 697 g/mol. The number of hydrogen-bond donors (Lipinski definition) is 0. The maximum absolute atomic E-state index is 10.1. The summed E-state index contributed by atoms with van der Waals surface area (Å²) >= 11 is 3.84. The molecule has 3 atom stereocenters. The summed E-state index contributed by atoms with van der Waals surface area (Å²) in [6, 6.07) is 40.2. The Labute approximate surface area is 323 Å². The predicted molar refractivity (Wildman–Crippen MR) is 224 cm³/mol. The van der Waals surface area contributed by atoms with Gasteiger partial charge in [0.2, 0.25) is 0 Å². The zero-order valence-corrected chi connectivity index (χ0v) is 31.5. The topological polar surface area (TPSA) is 62.5 Å². The van der Waals surface area contributed by atoms with E-state index in [1.54, 1.807) is 0 Å². The number of nitrogens with zero attached hydrogens (tertiary/aromatic N) is 4. The Morgan fingerprint density at radius 2 is 1.43 bits per heavy atom. The molecule has 4 nitrogen and oxygen atoms in total. The van der Waals surface area contributed by atoms with Crippen molar-refractivity contribution in [3.8, 4) is 62.5 Å². The van der Waals surface area contributed by atoms with E-state index in [1.807, 2.05) is 77.7 Å². The van der Waals surface area contributed by atoms with E-state index in [2.05, 4.69) is 111 Å². The smallest absolute Gasteiger partial charge is 0.165 e. The largest absolute Gasteiger partial charge is 0.208 e. The molecule has 3 aliphatic rings. The number of aromatic nitrogens is 3. The minimum atomic E-state index is -0.0404. The minimum absolute atomic E-state index is 0.0404. The molecule has 3 heterocycles. The molecule has 0 amide bonds. The van der Waals surface area contributed by atoms with Crippen molar-refractivity contribution in [1.29, 1.82) is 5.26 Å². The van der Waals surface area contributed by atoms with Crippen molar-refractivity contribution >= 4 is 39.3 Å². The van der Waals surface area contributed by atoms with E-state index in [0.717, 1.165) is 28.7 Å². The van der Waals surface area contributed by atoms with Crippen LogP contribution in [0.25, 0.3) is 72.6 Å². The number of thioether (sulfide) groups is 1. The van der Waals surface area contributed by atoms with Gasteiger partial charge in [0, 0.05) is 41.8 Å². The van der Waals surface area contributed by atoms with Gasteiger partial charge in [-0.05, 0) is 94.4 Å². The minimum Gasteiger partial charge on any atom is -0.208 e. The molecule has 0 radical (unpaired) electrons. The van der Waals surface area contributed by atoms with Gasteiger partial charge in [0.25, 0.3) is 0 Å². The lowest BCUT2D eigenvalue weighted by Gasteiger charge is -2.27. The summed E-state index contributed by atoms with van der Waals surface area (Å²) < 4.78 is 1.26. The van der Waals surface area contributed by atoms with Gasteiger partial charge in [0.1, 0.15) is 0 Å². The second kappa shape index (κ2) is 12.9. The number of benzene rings is 5. The van der Waals surface area contributed by atoms with E-state index in [1.165, 1.54) is 42.1 Å². The normalized spacial score (nSPS) is 19.4. The molecule has 3 unspecified atom stereocenters. The highest BCUT2D eigenvalue weighted by Gasteiger charge is 2.42. The first-order chi connectivity index (χ1) is 26.5. The van der Waals surface area contributed by atoms with Gasteiger partial charge in [0.15, 0.2) is 17.5 Å². The summed E-state index contributed by atoms with van der Waals surface area (Å²) in [5, 5.41) is 11.4. The van der Waals surface area contributed by atoms with Crippen molar-refractivity contribution in [3.05, 3.63) is 161 Å². The molecule has 0 spiro atoms. The van der Waals surface area contributed by atoms with Gasteiger partial charge >= 0.3 is 0 Å². The van der Waals surface area contributed by atoms with Gasteiger partial charge in [0.05, 0.1) is 11.6 Å². The molecule has 0 N–H and O–H groups in total. The van der Waals surface area contributed by atoms with E-state index in [-0.39, 0.29) is 4.75 Å². The van der Waals surface area contributed by atoms with Crippen LogP contribution in [-0.4, -0.2) is 19.7 Å². The van der Waals surface area contributed by atoms with Crippen LogP contribution in [0, 0.1) is 11.3 Å². The lowest BCUT2D eigenvalue weighted by molar-refractivity contribution is 0.702. The monoisotopic (exact) mass is 730 g/mol. The third kappa shape index (κ3) is 5.38. The molecule has 6 heteroatoms. The molecule has 0 saturated heterocycles. The van der Waals surface area contributed by atoms with Gasteiger partial charge < -0.3 is 0 Å². The molecule has 1 aliphatic heterocycles. The molecule has 0 bridgehead atoms. The zero-order chi connectivity index (χ0) is 36.4. The quantitative estimate of drug-likeness (QED) is 0.176. The Hall–Kier alpha value is -5.87. The van der Waals surface area contributed by atoms with Crippen LogP contribution in [0.5, 0.6) is 0 Å². The molecule has 10 rings (SSSR count). The SMILES string of the molecule is CC1CC=Cc2sc3c(-c4cc(-c5nc(-c6ccccc6)nc(-c6ccccc6C#N)n5)cc(-c5cccc6c5SC5(C)C=CC=CC65)c4)cccc3c21. The van der Waals surface area contributed by atoms with Crippen molar-refractivity contribution in [3.63, 3.8) is 0 Å². The van der Waals surface area contributed by atoms with Crippen molar-refractivity contribution in [2.45, 2.75) is 41.7 Å². The van der Waals surface area contributed by atoms with E-state index in [9.17, 15) is 5.26 Å². The molecule has 2 aliphatic carbocycles. The van der Waals surface area contributed by atoms with E-state index >= 15 is 0 Å². The number of allylic oxidation sites excluding steroid dienone is 4. The first-order valence-electron chi connectivity index (χ1n) is 18.3. The number of thiophene rings is 1. The number of fused-ring (bicyclic) bond motifs is 6. The summed E-state index contributed by atoms with van der Waals surface area (Å²) in [5.74, 6) is 2.39. The average Bonchev–Trinajstić information content (AvgIpc) is 3.76. The van der Waals surface area contributed by atoms with E-state index < -0.39 is 0 Å². The fourth-order valence-corrected chi connectivity index (χ4v) is 11.2. The van der Waals surface area contributed by atoms with Crippen LogP contribution in [0.15, 0.2) is 144 Å². The van der Waals surface area contributed by atoms with Crippen LogP contribution in [0.1, 0.15) is 53.7 Å². The second-order valence-electron chi connectivity index (χ2n) is 14.5. The Kier molecular flexibility index (Phi) is 7.83. The lowest BCUT2D eigenvalue weighted by Crippen LogP contribution is -2.22. The first kappa shape index (κ1) is 32.8. The van der Waals surface area contributed by atoms with Crippen molar-refractivity contribution in [2.24, 2.45) is 0 Å². The molecule has 54 heavy (non-hydrogen) atoms. The standard InChI is InChI=1S/C48H34N4S2/c1-29-13-10-23-41-42(29)39-21-12-18-35(43(39)53-41)32-25-33(36-19-11-20-38-40-22-8-9-24-48(40,2)54-44(36)38)27-34(26-32)46-50-45(30-14-4-3-5-15-30)51-47(52-46)37-17-7-6-16-31(37)28-49/h3-12,14-27,29,40H,13H2,1-2H3. The highest BCUT2D eigenvalue weighted by Crippen LogP contribution is 2.58. The predicted octanol–water partition coefficient (Wildman–Crippen LogP) is 12.9. The van der Waals surface area contributed by atoms with Crippen molar-refractivity contribution in [1.82, 2.24) is 15.0 Å². The molecule has 0 saturated carbocycles. The Morgan fingerprint density at radius 1 is 0.722 bits per heavy atom. The lowest BCUT2D eigenvalue weighted by atomic mass is 9.83. The van der Waals surface area contributed by atoms with Crippen LogP contribution >= 0.6 is 23.1 Å². The van der Waals surface area contributed by atoms with Gasteiger partial charge in [-0.25, -0.2) is 15.0 Å². The van der Waals surface area contributed by atoms with Crippen molar-refractivity contribution in [2.75, 3.05) is 0 Å². The van der Waals surface area contributed by atoms with Gasteiger partial charge in [-0.2, -0.15) is 5.26 Å². The van der Waals surface area contributed by atoms with Gasteiger partial charge in [-0.3, -0.25) is 0 Å². The van der Waals surface area contributed by atoms with Gasteiger partial charge in [-0.1, -0.05) is 116 Å². The van der Waals surface area contributed by atoms with E-state index in [4.69, 9.17) is 15.0 Å². The van der Waals surface area contributed by atoms with E-state index in [0.29, 0.717) is 40.4 Å². The molecule has 2 aromatic heterocycles. The number of rotatable bonds is 5. The highest BCUT2D eigenvalue weighted by molar-refractivity contribution is 8.01. The summed E-state index contributed by atoms with van der Waals surface area (Å²) in [7, 11) is 0. The number of hydrogen-bond acceptors (Lipinski definition) is 6. The molecule has 258 valence electrons. The van der Waals surface area contributed by atoms with Crippen LogP contribution in [0.4, 0.5) is 0 Å². The van der Waals surface area contributed by atoms with Crippen LogP contribution in [-0.2, 0) is 0 Å². The molecule has 7 aromatic rings. The summed E-state index contributed by atoms with van der Waals surface area (Å²) in [6.07, 6.45) is 14.7. The Morgan fingerprint density at radius 3 is 2.28 bits per heavy atom. The first-order valence-corrected chi connectivity index (χ1v) is 20.0. The molecule has 0 fully saturated rings. The van der Waals surface area contributed by atoms with Crippen LogP contribution in [0.2, 0.25) is 0 Å². The Bertz CT molecular complexity index is 2790. The third-order valence-corrected chi connectivity index (χ3v) is 13.7. The van der Waals surface area contributed by atoms with Crippen LogP contribution < -0.4 is 0 Å². The summed E-state index contributed by atoms with van der Waals surface area (Å²) in [6.45, 7) is 4.68. The Balaban J connectivity index is 1.23. The fourth-order valence-electron chi connectivity index (χ4n) is 8.29. The summed E-state index contributed by atoms with van der Waals surface area (Å²) in [4.78, 5) is 17.9. The highest BCUT2D eigenvalue weighted by atomic mass is 32.2. The third-order valence-electron chi connectivity index (χ3n) is 11.0. The molecule has 5 aromatic carbocycles. The average molecular weight is 731 g/mol. The summed E-state index contributed by atoms with van der Waals surface area (Å²) in [5.41, 5.74) is 10.5. The zero-order valence-electron chi connectivity index (χ0n) is 29.8. The maximum Gasteiger partial charge on any atom is 0.165 e. The number of nitriles is 1. The molecular formula is C48H34N4S2. The van der Waals surface area contributed by atoms with Crippen LogP contribution in [0.3, 0.4) is 0 Å². The van der Waals surface area contributed by atoms with Gasteiger partial charge in [-0.15, -0.1) is 23.1 Å².